The molecule has 0 saturated carbocycles. The number of carbonyl (C=O) groups is 2. The van der Waals surface area contributed by atoms with Crippen LogP contribution in [-0.2, 0) is 14.3 Å². The van der Waals surface area contributed by atoms with Crippen LogP contribution in [0.25, 0.3) is 0 Å². The zero-order valence-electron chi connectivity index (χ0n) is 13.2. The molecular weight excluding hydrogens is 301 g/mol. The molecule has 1 aliphatic rings. The maximum absolute atomic E-state index is 13.8. The van der Waals surface area contributed by atoms with Gasteiger partial charge < -0.3 is 14.7 Å². The van der Waals surface area contributed by atoms with E-state index in [2.05, 4.69) is 0 Å². The van der Waals surface area contributed by atoms with E-state index < -0.39 is 5.97 Å². The highest BCUT2D eigenvalue weighted by molar-refractivity contribution is 5.82. The van der Waals surface area contributed by atoms with Crippen molar-refractivity contribution in [1.29, 1.82) is 0 Å². The highest BCUT2D eigenvalue weighted by Crippen LogP contribution is 2.24. The van der Waals surface area contributed by atoms with Crippen molar-refractivity contribution < 1.29 is 23.8 Å². The van der Waals surface area contributed by atoms with Gasteiger partial charge >= 0.3 is 5.97 Å². The fourth-order valence-corrected chi connectivity index (χ4v) is 2.93. The quantitative estimate of drug-likeness (QED) is 0.873. The van der Waals surface area contributed by atoms with Gasteiger partial charge in [0.2, 0.25) is 5.91 Å². The Labute approximate surface area is 135 Å². The zero-order chi connectivity index (χ0) is 16.8. The maximum Gasteiger partial charge on any atom is 0.323 e. The van der Waals surface area contributed by atoms with Crippen LogP contribution in [0.2, 0.25) is 0 Å². The number of amides is 1. The predicted molar refractivity (Wildman–Crippen MR) is 82.6 cm³/mol. The number of aliphatic carboxylic acids is 1. The topological polar surface area (TPSA) is 66.8 Å². The van der Waals surface area contributed by atoms with Gasteiger partial charge in [0, 0.05) is 25.7 Å². The number of halogens is 1. The highest BCUT2D eigenvalue weighted by atomic mass is 19.1. The van der Waals surface area contributed by atoms with Crippen molar-refractivity contribution in [2.75, 3.05) is 19.8 Å². The molecule has 5 nitrogen and oxygen atoms in total. The van der Waals surface area contributed by atoms with Crippen LogP contribution in [0.1, 0.15) is 37.7 Å². The molecule has 126 valence electrons. The summed E-state index contributed by atoms with van der Waals surface area (Å²) >= 11 is 0. The molecule has 1 saturated heterocycles. The first-order chi connectivity index (χ1) is 11.0. The molecule has 23 heavy (non-hydrogen) atoms. The zero-order valence-corrected chi connectivity index (χ0v) is 13.2. The van der Waals surface area contributed by atoms with Crippen LogP contribution in [0.4, 0.5) is 4.39 Å². The van der Waals surface area contributed by atoms with Crippen LogP contribution in [0.5, 0.6) is 0 Å². The summed E-state index contributed by atoms with van der Waals surface area (Å²) < 4.78 is 19.1. The third-order valence-electron chi connectivity index (χ3n) is 4.17. The van der Waals surface area contributed by atoms with Crippen molar-refractivity contribution in [2.24, 2.45) is 0 Å². The molecular formula is C17H22FNO4. The van der Waals surface area contributed by atoms with Crippen molar-refractivity contribution in [3.63, 3.8) is 0 Å². The normalized spacial score (nSPS) is 16.8. The van der Waals surface area contributed by atoms with Gasteiger partial charge in [0.05, 0.1) is 0 Å². The van der Waals surface area contributed by atoms with Crippen LogP contribution in [0.15, 0.2) is 24.3 Å². The Morgan fingerprint density at radius 2 is 2.00 bits per heavy atom. The molecule has 0 bridgehead atoms. The average Bonchev–Trinajstić information content (AvgIpc) is 2.53. The van der Waals surface area contributed by atoms with Crippen molar-refractivity contribution in [1.82, 2.24) is 4.90 Å². The summed E-state index contributed by atoms with van der Waals surface area (Å²) in [6.45, 7) is 2.50. The SMILES string of the molecule is CC(CC(=O)N(CC(=O)O)C1CCOCC1)c1ccccc1F. The minimum absolute atomic E-state index is 0.0889. The van der Waals surface area contributed by atoms with Gasteiger partial charge in [-0.25, -0.2) is 4.39 Å². The summed E-state index contributed by atoms with van der Waals surface area (Å²) in [5.41, 5.74) is 0.475. The van der Waals surface area contributed by atoms with Gasteiger partial charge in [-0.1, -0.05) is 25.1 Å². The standard InChI is InChI=1S/C17H22FNO4/c1-12(14-4-2-3-5-15(14)18)10-16(20)19(11-17(21)22)13-6-8-23-9-7-13/h2-5,12-13H,6-11H2,1H3,(H,21,22). The molecule has 1 N–H and O–H groups in total. The van der Waals surface area contributed by atoms with E-state index in [9.17, 15) is 14.0 Å². The molecule has 1 unspecified atom stereocenters. The van der Waals surface area contributed by atoms with Gasteiger partial charge in [-0.05, 0) is 30.4 Å². The first kappa shape index (κ1) is 17.4. The fourth-order valence-electron chi connectivity index (χ4n) is 2.93. The summed E-state index contributed by atoms with van der Waals surface area (Å²) in [5.74, 6) is -1.94. The van der Waals surface area contributed by atoms with Crippen molar-refractivity contribution >= 4 is 11.9 Å². The monoisotopic (exact) mass is 323 g/mol. The molecule has 1 aliphatic heterocycles. The summed E-state index contributed by atoms with van der Waals surface area (Å²) in [7, 11) is 0. The Hall–Kier alpha value is -1.95. The highest BCUT2D eigenvalue weighted by Gasteiger charge is 2.28. The van der Waals surface area contributed by atoms with E-state index in [0.717, 1.165) is 0 Å². The molecule has 2 rings (SSSR count). The van der Waals surface area contributed by atoms with Crippen molar-refractivity contribution in [2.45, 2.75) is 38.1 Å². The number of carbonyl (C=O) groups excluding carboxylic acids is 1. The van der Waals surface area contributed by atoms with Crippen LogP contribution < -0.4 is 0 Å². The number of hydrogen-bond acceptors (Lipinski definition) is 3. The van der Waals surface area contributed by atoms with E-state index in [1.807, 2.05) is 0 Å². The minimum Gasteiger partial charge on any atom is -0.480 e. The van der Waals surface area contributed by atoms with Crippen molar-refractivity contribution in [3.8, 4) is 0 Å². The molecule has 1 atom stereocenters. The minimum atomic E-state index is -1.04. The second-order valence-corrected chi connectivity index (χ2v) is 5.89. The molecule has 0 aromatic heterocycles. The maximum atomic E-state index is 13.8. The first-order valence-corrected chi connectivity index (χ1v) is 7.82. The molecule has 0 radical (unpaired) electrons. The summed E-state index contributed by atoms with van der Waals surface area (Å²) in [5, 5.41) is 9.07. The van der Waals surface area contributed by atoms with Gasteiger partial charge in [0.1, 0.15) is 12.4 Å². The second kappa shape index (κ2) is 8.06. The molecule has 1 amide bonds. The van der Waals surface area contributed by atoms with Gasteiger partial charge in [-0.3, -0.25) is 9.59 Å². The number of carboxylic acids is 1. The Kier molecular flexibility index (Phi) is 6.10. The molecule has 6 heteroatoms. The Morgan fingerprint density at radius 3 is 2.61 bits per heavy atom. The van der Waals surface area contributed by atoms with E-state index in [1.165, 1.54) is 11.0 Å². The number of ether oxygens (including phenoxy) is 1. The van der Waals surface area contributed by atoms with Gasteiger partial charge in [0.15, 0.2) is 0 Å². The van der Waals surface area contributed by atoms with Crippen LogP contribution in [0.3, 0.4) is 0 Å². The lowest BCUT2D eigenvalue weighted by Gasteiger charge is -2.34. The number of benzene rings is 1. The first-order valence-electron chi connectivity index (χ1n) is 7.82. The van der Waals surface area contributed by atoms with E-state index in [1.54, 1.807) is 25.1 Å². The number of rotatable bonds is 6. The second-order valence-electron chi connectivity index (χ2n) is 5.89. The molecule has 0 spiro atoms. The van der Waals surface area contributed by atoms with E-state index in [-0.39, 0.29) is 36.6 Å². The van der Waals surface area contributed by atoms with E-state index >= 15 is 0 Å². The molecule has 1 aromatic rings. The number of hydrogen-bond donors (Lipinski definition) is 1. The van der Waals surface area contributed by atoms with Crippen LogP contribution in [-0.4, -0.2) is 47.7 Å². The lowest BCUT2D eigenvalue weighted by Crippen LogP contribution is -2.46. The molecule has 1 fully saturated rings. The van der Waals surface area contributed by atoms with Gasteiger partial charge in [-0.15, -0.1) is 0 Å². The number of nitrogens with zero attached hydrogens (tertiary/aromatic N) is 1. The van der Waals surface area contributed by atoms with Gasteiger partial charge in [-0.2, -0.15) is 0 Å². The Balaban J connectivity index is 2.07. The van der Waals surface area contributed by atoms with E-state index in [0.29, 0.717) is 31.6 Å². The van der Waals surface area contributed by atoms with Gasteiger partial charge in [0.25, 0.3) is 0 Å². The van der Waals surface area contributed by atoms with E-state index in [4.69, 9.17) is 9.84 Å². The summed E-state index contributed by atoms with van der Waals surface area (Å²) in [4.78, 5) is 25.1. The lowest BCUT2D eigenvalue weighted by atomic mass is 9.95. The largest absolute Gasteiger partial charge is 0.480 e. The van der Waals surface area contributed by atoms with Crippen molar-refractivity contribution in [3.05, 3.63) is 35.6 Å². The third-order valence-corrected chi connectivity index (χ3v) is 4.17. The van der Waals surface area contributed by atoms with Crippen LogP contribution in [0, 0.1) is 5.82 Å². The molecule has 0 aliphatic carbocycles. The lowest BCUT2D eigenvalue weighted by molar-refractivity contribution is -0.147. The molecule has 1 aromatic carbocycles. The number of carboxylic acid groups (broad SMARTS) is 1. The third kappa shape index (κ3) is 4.76. The fraction of sp³-hybridized carbons (Fsp3) is 0.529. The smallest absolute Gasteiger partial charge is 0.323 e. The average molecular weight is 323 g/mol. The Bertz CT molecular complexity index is 557. The van der Waals surface area contributed by atoms with Crippen LogP contribution >= 0.6 is 0 Å². The molecule has 1 heterocycles. The summed E-state index contributed by atoms with van der Waals surface area (Å²) in [6, 6.07) is 6.23. The predicted octanol–water partition coefficient (Wildman–Crippen LogP) is 2.41. The summed E-state index contributed by atoms with van der Waals surface area (Å²) in [6.07, 6.45) is 1.35. The Morgan fingerprint density at radius 1 is 1.35 bits per heavy atom.